The Kier molecular flexibility index (Phi) is 4.67. The number of fused-ring (bicyclic) bond motifs is 1. The number of anilines is 2. The topological polar surface area (TPSA) is 54.0 Å². The minimum atomic E-state index is -0.423. The highest BCUT2D eigenvalue weighted by Gasteiger charge is 2.23. The zero-order valence-electron chi connectivity index (χ0n) is 15.8. The first-order valence-electron chi connectivity index (χ1n) is 9.59. The third kappa shape index (κ3) is 3.89. The van der Waals surface area contributed by atoms with E-state index in [9.17, 15) is 13.6 Å². The van der Waals surface area contributed by atoms with Crippen LogP contribution in [0.4, 0.5) is 19.6 Å². The molecule has 30 heavy (non-hydrogen) atoms. The average Bonchev–Trinajstić information content (AvgIpc) is 3.46. The van der Waals surface area contributed by atoms with E-state index in [1.165, 1.54) is 29.5 Å². The van der Waals surface area contributed by atoms with Crippen molar-refractivity contribution in [2.24, 2.45) is 0 Å². The van der Waals surface area contributed by atoms with Gasteiger partial charge in [0.15, 0.2) is 5.13 Å². The SMILES string of the molecule is O=C(NC1CC1)c1ccc(-c2ccc(Nc3nc4ccc(F)cc4s3)c(F)c2)cc1. The van der Waals surface area contributed by atoms with E-state index in [4.69, 9.17) is 0 Å². The fraction of sp³-hybridized carbons (Fsp3) is 0.130. The van der Waals surface area contributed by atoms with Gasteiger partial charge < -0.3 is 10.6 Å². The summed E-state index contributed by atoms with van der Waals surface area (Å²) >= 11 is 1.26. The number of hydrogen-bond donors (Lipinski definition) is 2. The monoisotopic (exact) mass is 421 g/mol. The van der Waals surface area contributed by atoms with Crippen LogP contribution in [0.25, 0.3) is 21.3 Å². The molecule has 1 heterocycles. The molecule has 0 saturated heterocycles. The van der Waals surface area contributed by atoms with Crippen LogP contribution in [-0.4, -0.2) is 16.9 Å². The summed E-state index contributed by atoms with van der Waals surface area (Å²) in [6.07, 6.45) is 2.08. The van der Waals surface area contributed by atoms with Crippen molar-refractivity contribution >= 4 is 38.3 Å². The molecule has 1 fully saturated rings. The molecule has 1 aliphatic carbocycles. The van der Waals surface area contributed by atoms with Crippen LogP contribution in [0, 0.1) is 11.6 Å². The van der Waals surface area contributed by atoms with Gasteiger partial charge in [-0.15, -0.1) is 0 Å². The van der Waals surface area contributed by atoms with Gasteiger partial charge in [-0.1, -0.05) is 29.5 Å². The van der Waals surface area contributed by atoms with Gasteiger partial charge >= 0.3 is 0 Å². The number of aromatic nitrogens is 1. The van der Waals surface area contributed by atoms with Crippen LogP contribution in [-0.2, 0) is 0 Å². The van der Waals surface area contributed by atoms with Crippen molar-refractivity contribution < 1.29 is 13.6 Å². The summed E-state index contributed by atoms with van der Waals surface area (Å²) < 4.78 is 28.7. The molecule has 5 rings (SSSR count). The van der Waals surface area contributed by atoms with Gasteiger partial charge in [-0.25, -0.2) is 13.8 Å². The van der Waals surface area contributed by atoms with Gasteiger partial charge in [0.25, 0.3) is 5.91 Å². The lowest BCUT2D eigenvalue weighted by atomic mass is 10.0. The van der Waals surface area contributed by atoms with Crippen LogP contribution in [0.1, 0.15) is 23.2 Å². The summed E-state index contributed by atoms with van der Waals surface area (Å²) in [4.78, 5) is 16.5. The molecule has 0 aliphatic heterocycles. The Morgan fingerprint density at radius 3 is 2.47 bits per heavy atom. The minimum Gasteiger partial charge on any atom is -0.349 e. The average molecular weight is 421 g/mol. The first-order chi connectivity index (χ1) is 14.5. The van der Waals surface area contributed by atoms with Gasteiger partial charge in [0, 0.05) is 11.6 Å². The maximum absolute atomic E-state index is 14.7. The van der Waals surface area contributed by atoms with Crippen molar-refractivity contribution in [1.29, 1.82) is 0 Å². The molecule has 0 bridgehead atoms. The third-order valence-electron chi connectivity index (χ3n) is 4.95. The second kappa shape index (κ2) is 7.50. The number of nitrogens with one attached hydrogen (secondary N) is 2. The number of halogens is 2. The van der Waals surface area contributed by atoms with E-state index in [-0.39, 0.29) is 11.7 Å². The number of rotatable bonds is 5. The smallest absolute Gasteiger partial charge is 0.251 e. The Balaban J connectivity index is 1.34. The molecule has 0 unspecified atom stereocenters. The molecule has 1 aliphatic rings. The van der Waals surface area contributed by atoms with E-state index in [0.29, 0.717) is 38.2 Å². The van der Waals surface area contributed by atoms with Crippen LogP contribution in [0.3, 0.4) is 0 Å². The Bertz CT molecular complexity index is 1250. The summed E-state index contributed by atoms with van der Waals surface area (Å²) in [5, 5.41) is 6.41. The fourth-order valence-electron chi connectivity index (χ4n) is 3.17. The second-order valence-electron chi connectivity index (χ2n) is 7.28. The molecule has 4 nitrogen and oxygen atoms in total. The molecule has 3 aromatic carbocycles. The summed E-state index contributed by atoms with van der Waals surface area (Å²) in [6.45, 7) is 0. The van der Waals surface area contributed by atoms with Gasteiger partial charge in [-0.05, 0) is 66.4 Å². The van der Waals surface area contributed by atoms with Gasteiger partial charge in [-0.2, -0.15) is 0 Å². The molecule has 0 spiro atoms. The van der Waals surface area contributed by atoms with E-state index in [1.807, 2.05) is 12.1 Å². The number of thiazole rings is 1. The van der Waals surface area contributed by atoms with Crippen molar-refractivity contribution in [1.82, 2.24) is 10.3 Å². The zero-order chi connectivity index (χ0) is 20.7. The first-order valence-corrected chi connectivity index (χ1v) is 10.4. The van der Waals surface area contributed by atoms with Crippen molar-refractivity contribution in [3.63, 3.8) is 0 Å². The van der Waals surface area contributed by atoms with E-state index in [2.05, 4.69) is 15.6 Å². The van der Waals surface area contributed by atoms with Crippen molar-refractivity contribution in [2.75, 3.05) is 5.32 Å². The van der Waals surface area contributed by atoms with Gasteiger partial charge in [-0.3, -0.25) is 4.79 Å². The molecule has 1 aromatic heterocycles. The van der Waals surface area contributed by atoms with Crippen molar-refractivity contribution in [3.05, 3.63) is 77.9 Å². The Morgan fingerprint density at radius 1 is 0.967 bits per heavy atom. The van der Waals surface area contributed by atoms with Crippen molar-refractivity contribution in [3.8, 4) is 11.1 Å². The third-order valence-corrected chi connectivity index (χ3v) is 5.89. The highest BCUT2D eigenvalue weighted by atomic mass is 32.1. The molecule has 7 heteroatoms. The van der Waals surface area contributed by atoms with E-state index < -0.39 is 5.82 Å². The lowest BCUT2D eigenvalue weighted by Crippen LogP contribution is -2.25. The normalized spacial score (nSPS) is 13.4. The van der Waals surface area contributed by atoms with E-state index in [1.54, 1.807) is 30.3 Å². The molecular formula is C23H17F2N3OS. The fourth-order valence-corrected chi connectivity index (χ4v) is 4.08. The number of amides is 1. The Labute approximate surface area is 175 Å². The van der Waals surface area contributed by atoms with Crippen LogP contribution < -0.4 is 10.6 Å². The van der Waals surface area contributed by atoms with Gasteiger partial charge in [0.2, 0.25) is 0 Å². The molecule has 1 amide bonds. The Hall–Kier alpha value is -3.32. The van der Waals surface area contributed by atoms with Crippen LogP contribution in [0.5, 0.6) is 0 Å². The van der Waals surface area contributed by atoms with E-state index in [0.717, 1.165) is 18.4 Å². The number of carbonyl (C=O) groups is 1. The number of nitrogens with zero attached hydrogens (tertiary/aromatic N) is 1. The first kappa shape index (κ1) is 18.7. The molecule has 150 valence electrons. The summed E-state index contributed by atoms with van der Waals surface area (Å²) in [5.41, 5.74) is 3.07. The highest BCUT2D eigenvalue weighted by Crippen LogP contribution is 2.31. The van der Waals surface area contributed by atoms with Crippen LogP contribution in [0.15, 0.2) is 60.7 Å². The molecule has 2 N–H and O–H groups in total. The minimum absolute atomic E-state index is 0.0782. The summed E-state index contributed by atoms with van der Waals surface area (Å²) in [6, 6.07) is 16.7. The lowest BCUT2D eigenvalue weighted by molar-refractivity contribution is 0.0951. The Morgan fingerprint density at radius 2 is 1.73 bits per heavy atom. The van der Waals surface area contributed by atoms with E-state index >= 15 is 0 Å². The summed E-state index contributed by atoms with van der Waals surface area (Å²) in [7, 11) is 0. The molecular weight excluding hydrogens is 404 g/mol. The standard InChI is InChI=1S/C23H17F2N3OS/c24-16-6-10-20-21(12-16)30-23(28-20)27-19-9-5-15(11-18(19)25)13-1-3-14(4-2-13)22(29)26-17-7-8-17/h1-6,9-12,17H,7-8H2,(H,26,29)(H,27,28). The number of carbonyl (C=O) groups excluding carboxylic acids is 1. The maximum atomic E-state index is 14.7. The number of hydrogen-bond acceptors (Lipinski definition) is 4. The predicted molar refractivity (Wildman–Crippen MR) is 115 cm³/mol. The molecule has 0 radical (unpaired) electrons. The van der Waals surface area contributed by atoms with Gasteiger partial charge in [0.05, 0.1) is 15.9 Å². The zero-order valence-corrected chi connectivity index (χ0v) is 16.6. The van der Waals surface area contributed by atoms with Crippen LogP contribution >= 0.6 is 11.3 Å². The second-order valence-corrected chi connectivity index (χ2v) is 8.31. The molecule has 0 atom stereocenters. The highest BCUT2D eigenvalue weighted by molar-refractivity contribution is 7.22. The summed E-state index contributed by atoms with van der Waals surface area (Å²) in [5.74, 6) is -0.830. The van der Waals surface area contributed by atoms with Gasteiger partial charge in [0.1, 0.15) is 11.6 Å². The quantitative estimate of drug-likeness (QED) is 0.423. The largest absolute Gasteiger partial charge is 0.349 e. The maximum Gasteiger partial charge on any atom is 0.251 e. The number of benzene rings is 3. The van der Waals surface area contributed by atoms with Crippen LogP contribution in [0.2, 0.25) is 0 Å². The van der Waals surface area contributed by atoms with Crippen molar-refractivity contribution in [2.45, 2.75) is 18.9 Å². The predicted octanol–water partition coefficient (Wildman–Crippen LogP) is 5.88. The molecule has 1 saturated carbocycles. The molecule has 4 aromatic rings. The lowest BCUT2D eigenvalue weighted by Gasteiger charge is -2.08.